The fourth-order valence-electron chi connectivity index (χ4n) is 4.24. The number of rotatable bonds is 9. The Bertz CT molecular complexity index is 2150. The van der Waals surface area contributed by atoms with Crippen LogP contribution in [-0.4, -0.2) is 30.4 Å². The molecule has 14 nitrogen and oxygen atoms in total. The molecule has 0 fully saturated rings. The second kappa shape index (κ2) is 16.9. The number of carbonyl (C=O) groups excluding carboxylic acids is 2. The monoisotopic (exact) mass is 694 g/mol. The predicted molar refractivity (Wildman–Crippen MR) is 173 cm³/mol. The van der Waals surface area contributed by atoms with Crippen LogP contribution in [-0.2, 0) is 19.7 Å². The van der Waals surface area contributed by atoms with Gasteiger partial charge in [-0.25, -0.2) is 8.42 Å². The van der Waals surface area contributed by atoms with Gasteiger partial charge < -0.3 is 25.9 Å². The number of azo groups is 2. The third kappa shape index (κ3) is 9.87. The number of nitrogens with one attached hydrogen (secondary N) is 1. The second-order valence-electron chi connectivity index (χ2n) is 10.1. The number of nitrogens with two attached hydrogens (primary N) is 2. The first kappa shape index (κ1) is 39.1. The topological polar surface area (TPSA) is 240 Å². The Morgan fingerprint density at radius 2 is 1.33 bits per heavy atom. The molecule has 5 rings (SSSR count). The minimum atomic E-state index is -4.58. The SMILES string of the molecule is Cc1cc(N=Nc2ccc(S(=O)(=O)[O-])cc2)c(N)c(N=Nc2ccc(-c3ccc(N/N=C4/C=CC(=O)C(C(=O)[O-])=C4)cc3)cc2)c1N.[Na+].[Na+]. The molecule has 0 aromatic heterocycles. The number of hydrogen-bond acceptors (Lipinski definition) is 14. The fraction of sp³-hybridized carbons (Fsp3) is 0.0312. The van der Waals surface area contributed by atoms with E-state index in [1.54, 1.807) is 37.3 Å². The summed E-state index contributed by atoms with van der Waals surface area (Å²) in [5.41, 5.74) is 20.0. The summed E-state index contributed by atoms with van der Waals surface area (Å²) in [6, 6.07) is 21.2. The number of hydrogen-bond donors (Lipinski definition) is 3. The Labute approximate surface area is 325 Å². The van der Waals surface area contributed by atoms with E-state index >= 15 is 0 Å². The van der Waals surface area contributed by atoms with Gasteiger partial charge in [0.25, 0.3) is 0 Å². The first-order valence-corrected chi connectivity index (χ1v) is 15.1. The normalized spacial score (nSPS) is 13.6. The number of benzene rings is 4. The molecule has 236 valence electrons. The zero-order valence-corrected chi connectivity index (χ0v) is 31.3. The summed E-state index contributed by atoms with van der Waals surface area (Å²) in [5.74, 6) is -2.21. The smallest absolute Gasteiger partial charge is 0.744 e. The molecule has 0 atom stereocenters. The molecule has 0 spiro atoms. The van der Waals surface area contributed by atoms with Gasteiger partial charge >= 0.3 is 59.1 Å². The fourth-order valence-corrected chi connectivity index (χ4v) is 4.71. The molecular weight excluding hydrogens is 670 g/mol. The Hall–Kier alpha value is -4.32. The van der Waals surface area contributed by atoms with Gasteiger partial charge in [-0.2, -0.15) is 15.3 Å². The number of hydrazone groups is 1. The van der Waals surface area contributed by atoms with Crippen LogP contribution in [0.3, 0.4) is 0 Å². The van der Waals surface area contributed by atoms with Crippen LogP contribution in [0.15, 0.2) is 133 Å². The molecule has 0 heterocycles. The summed E-state index contributed by atoms with van der Waals surface area (Å²) in [6.45, 7) is 1.75. The Morgan fingerprint density at radius 3 is 1.90 bits per heavy atom. The second-order valence-corrected chi connectivity index (χ2v) is 11.4. The molecule has 0 amide bonds. The van der Waals surface area contributed by atoms with Crippen LogP contribution in [0.5, 0.6) is 0 Å². The van der Waals surface area contributed by atoms with Crippen molar-refractivity contribution in [2.75, 3.05) is 16.9 Å². The van der Waals surface area contributed by atoms with Gasteiger partial charge in [-0.15, -0.1) is 10.2 Å². The minimum absolute atomic E-state index is 0. The molecule has 17 heteroatoms. The Balaban J connectivity index is 0.00000325. The van der Waals surface area contributed by atoms with Gasteiger partial charge in [0.1, 0.15) is 21.5 Å². The van der Waals surface area contributed by atoms with Gasteiger partial charge in [-0.3, -0.25) is 10.2 Å². The van der Waals surface area contributed by atoms with Crippen LogP contribution in [0, 0.1) is 6.92 Å². The van der Waals surface area contributed by atoms with E-state index in [0.29, 0.717) is 28.3 Å². The number of carboxylic acids is 1. The molecule has 5 N–H and O–H groups in total. The van der Waals surface area contributed by atoms with Crippen molar-refractivity contribution in [1.29, 1.82) is 0 Å². The predicted octanol–water partition coefficient (Wildman–Crippen LogP) is -0.848. The maximum atomic E-state index is 11.6. The van der Waals surface area contributed by atoms with Crippen molar-refractivity contribution in [2.45, 2.75) is 11.8 Å². The molecule has 1 aliphatic rings. The molecule has 4 aromatic rings. The molecule has 4 aromatic carbocycles. The number of ketones is 1. The number of carbonyl (C=O) groups is 2. The van der Waals surface area contributed by atoms with Crippen molar-refractivity contribution in [3.05, 3.63) is 108 Å². The molecule has 0 saturated heterocycles. The van der Waals surface area contributed by atoms with E-state index in [-0.39, 0.29) is 86.8 Å². The van der Waals surface area contributed by atoms with Crippen molar-refractivity contribution in [1.82, 2.24) is 0 Å². The Morgan fingerprint density at radius 1 is 0.776 bits per heavy atom. The summed E-state index contributed by atoms with van der Waals surface area (Å²) in [6.07, 6.45) is 3.66. The number of aryl methyl sites for hydroxylation is 1. The number of carboxylic acid groups (broad SMARTS) is 1. The molecule has 0 radical (unpaired) electrons. The first-order valence-electron chi connectivity index (χ1n) is 13.7. The van der Waals surface area contributed by atoms with Gasteiger partial charge in [0.05, 0.1) is 45.0 Å². The standard InChI is InChI=1S/C32H26N8O6S.2Na/c1-18-16-27(39-36-23-10-13-25(14-11-23)47(44,45)46)30(34)31(29(18)33)40-37-22-8-4-20(5-9-22)19-2-6-21(7-3-19)35-38-24-12-15-28(41)26(17-24)32(42)43;;/h2-17,35H,33-34H2,1H3,(H,42,43)(H,44,45,46);;/q;2*+1/p-2/b38-24-,39-36?,40-37?;;. The van der Waals surface area contributed by atoms with E-state index in [4.69, 9.17) is 11.5 Å². The van der Waals surface area contributed by atoms with E-state index in [0.717, 1.165) is 35.4 Å². The largest absolute Gasteiger partial charge is 1.00 e. The van der Waals surface area contributed by atoms with Crippen molar-refractivity contribution in [3.63, 3.8) is 0 Å². The van der Waals surface area contributed by atoms with Gasteiger partial charge in [0, 0.05) is 5.57 Å². The van der Waals surface area contributed by atoms with E-state index < -0.39 is 27.4 Å². The third-order valence-electron chi connectivity index (χ3n) is 6.81. The van der Waals surface area contributed by atoms with Crippen molar-refractivity contribution < 1.29 is 86.8 Å². The molecular formula is C32H24N8Na2O6S. The number of allylic oxidation sites excluding steroid dienone is 3. The number of aliphatic carboxylic acids is 1. The quantitative estimate of drug-likeness (QED) is 0.0376. The molecule has 1 aliphatic carbocycles. The van der Waals surface area contributed by atoms with E-state index in [2.05, 4.69) is 31.0 Å². The Kier molecular flexibility index (Phi) is 13.5. The van der Waals surface area contributed by atoms with E-state index in [9.17, 15) is 27.7 Å². The maximum Gasteiger partial charge on any atom is 1.00 e. The van der Waals surface area contributed by atoms with Gasteiger partial charge in [0.15, 0.2) is 5.78 Å². The van der Waals surface area contributed by atoms with Gasteiger partial charge in [0.2, 0.25) is 0 Å². The number of nitrogen functional groups attached to an aromatic ring is 2. The van der Waals surface area contributed by atoms with Crippen LogP contribution < -0.4 is 81.1 Å². The van der Waals surface area contributed by atoms with Crippen LogP contribution in [0.4, 0.5) is 39.8 Å². The summed E-state index contributed by atoms with van der Waals surface area (Å²) in [5, 5.41) is 31.9. The van der Waals surface area contributed by atoms with Crippen LogP contribution in [0.2, 0.25) is 0 Å². The van der Waals surface area contributed by atoms with Crippen LogP contribution in [0.1, 0.15) is 5.56 Å². The number of anilines is 3. The van der Waals surface area contributed by atoms with Crippen LogP contribution in [0.25, 0.3) is 11.1 Å². The molecule has 49 heavy (non-hydrogen) atoms. The minimum Gasteiger partial charge on any atom is -0.744 e. The molecule has 0 saturated carbocycles. The molecule has 0 bridgehead atoms. The average molecular weight is 695 g/mol. The van der Waals surface area contributed by atoms with Crippen molar-refractivity contribution in [2.24, 2.45) is 25.6 Å². The number of nitrogens with zero attached hydrogens (tertiary/aromatic N) is 5. The molecule has 0 unspecified atom stereocenters. The maximum absolute atomic E-state index is 11.6. The van der Waals surface area contributed by atoms with E-state index in [1.165, 1.54) is 18.2 Å². The summed E-state index contributed by atoms with van der Waals surface area (Å²) < 4.78 is 33.4. The average Bonchev–Trinajstić information content (AvgIpc) is 3.05. The summed E-state index contributed by atoms with van der Waals surface area (Å²) >= 11 is 0. The van der Waals surface area contributed by atoms with Crippen molar-refractivity contribution in [3.8, 4) is 11.1 Å². The third-order valence-corrected chi connectivity index (χ3v) is 7.66. The summed E-state index contributed by atoms with van der Waals surface area (Å²) in [7, 11) is -4.58. The van der Waals surface area contributed by atoms with Crippen LogP contribution >= 0.6 is 0 Å². The summed E-state index contributed by atoms with van der Waals surface area (Å²) in [4.78, 5) is 22.3. The zero-order chi connectivity index (χ0) is 33.7. The van der Waals surface area contributed by atoms with E-state index in [1.807, 2.05) is 24.3 Å². The van der Waals surface area contributed by atoms with Gasteiger partial charge in [-0.05, 0) is 96.4 Å². The first-order chi connectivity index (χ1) is 22.4. The van der Waals surface area contributed by atoms with Gasteiger partial charge in [-0.1, -0.05) is 24.3 Å². The van der Waals surface area contributed by atoms with Crippen molar-refractivity contribution >= 4 is 67.4 Å². The molecule has 0 aliphatic heterocycles. The zero-order valence-electron chi connectivity index (χ0n) is 26.5.